The van der Waals surface area contributed by atoms with Crippen molar-refractivity contribution in [3.05, 3.63) is 36.9 Å². The molecule has 78 valence electrons. The smallest absolute Gasteiger partial charge is 0.0511 e. The molecule has 0 radical (unpaired) electrons. The fourth-order valence-electron chi connectivity index (χ4n) is 1.96. The van der Waals surface area contributed by atoms with Crippen molar-refractivity contribution in [2.45, 2.75) is 0 Å². The number of fused-ring (bicyclic) bond motifs is 2. The third-order valence-electron chi connectivity index (χ3n) is 2.73. The summed E-state index contributed by atoms with van der Waals surface area (Å²) in [5.41, 5.74) is 13.4. The number of hydrogen-bond acceptors (Lipinski definition) is 4. The highest BCUT2D eigenvalue weighted by molar-refractivity contribution is 6.13. The summed E-state index contributed by atoms with van der Waals surface area (Å²) in [5.74, 6) is 0. The van der Waals surface area contributed by atoms with Gasteiger partial charge < -0.3 is 11.5 Å². The van der Waals surface area contributed by atoms with Gasteiger partial charge in [-0.3, -0.25) is 9.97 Å². The summed E-state index contributed by atoms with van der Waals surface area (Å²) in [7, 11) is 0. The highest BCUT2D eigenvalue weighted by Crippen LogP contribution is 2.32. The van der Waals surface area contributed by atoms with Gasteiger partial charge >= 0.3 is 0 Å². The summed E-state index contributed by atoms with van der Waals surface area (Å²) in [5, 5.41) is 3.72. The Morgan fingerprint density at radius 2 is 1.75 bits per heavy atom. The second kappa shape index (κ2) is 3.06. The van der Waals surface area contributed by atoms with Gasteiger partial charge in [-0.2, -0.15) is 0 Å². The Kier molecular flexibility index (Phi) is 1.71. The van der Waals surface area contributed by atoms with Gasteiger partial charge in [-0.15, -0.1) is 0 Å². The zero-order chi connectivity index (χ0) is 11.1. The van der Waals surface area contributed by atoms with E-state index in [0.29, 0.717) is 11.4 Å². The molecule has 4 N–H and O–H groups in total. The number of nitrogens with zero attached hydrogens (tertiary/aromatic N) is 2. The molecule has 3 rings (SSSR count). The standard InChI is InChI=1S/C12H10N4/c13-10-1-2-15-5-8-3-7-4-16-6-9(7)12(14)11(8)10/h1-6H,13-14H2. The van der Waals surface area contributed by atoms with Gasteiger partial charge in [0.05, 0.1) is 5.69 Å². The number of nitrogen functional groups attached to an aromatic ring is 2. The van der Waals surface area contributed by atoms with E-state index >= 15 is 0 Å². The molecule has 0 saturated heterocycles. The van der Waals surface area contributed by atoms with Crippen molar-refractivity contribution in [1.29, 1.82) is 0 Å². The molecule has 4 nitrogen and oxygen atoms in total. The van der Waals surface area contributed by atoms with E-state index in [1.165, 1.54) is 0 Å². The second-order valence-electron chi connectivity index (χ2n) is 3.71. The van der Waals surface area contributed by atoms with E-state index in [0.717, 1.165) is 21.5 Å². The Hall–Kier alpha value is -2.36. The molecule has 2 heterocycles. The van der Waals surface area contributed by atoms with E-state index in [1.54, 1.807) is 30.9 Å². The van der Waals surface area contributed by atoms with Crippen molar-refractivity contribution >= 4 is 32.9 Å². The van der Waals surface area contributed by atoms with E-state index in [2.05, 4.69) is 9.97 Å². The first-order valence-corrected chi connectivity index (χ1v) is 4.93. The fourth-order valence-corrected chi connectivity index (χ4v) is 1.96. The molecule has 2 aromatic heterocycles. The van der Waals surface area contributed by atoms with Crippen LogP contribution in [0.15, 0.2) is 36.9 Å². The summed E-state index contributed by atoms with van der Waals surface area (Å²) in [6.07, 6.45) is 6.96. The Labute approximate surface area is 91.9 Å². The molecule has 0 fully saturated rings. The molecule has 0 bridgehead atoms. The minimum absolute atomic E-state index is 0.633. The van der Waals surface area contributed by atoms with Gasteiger partial charge in [-0.05, 0) is 12.1 Å². The first kappa shape index (κ1) is 8.91. The number of aromatic nitrogens is 2. The van der Waals surface area contributed by atoms with Crippen LogP contribution in [0.1, 0.15) is 0 Å². The molecular weight excluding hydrogens is 200 g/mol. The number of hydrogen-bond donors (Lipinski definition) is 2. The Morgan fingerprint density at radius 1 is 0.938 bits per heavy atom. The summed E-state index contributed by atoms with van der Waals surface area (Å²) in [6, 6.07) is 3.75. The van der Waals surface area contributed by atoms with Crippen LogP contribution in [0.3, 0.4) is 0 Å². The van der Waals surface area contributed by atoms with Crippen molar-refractivity contribution in [3.63, 3.8) is 0 Å². The Morgan fingerprint density at radius 3 is 2.62 bits per heavy atom. The lowest BCUT2D eigenvalue weighted by molar-refractivity contribution is 1.38. The van der Waals surface area contributed by atoms with E-state index in [1.807, 2.05) is 6.07 Å². The van der Waals surface area contributed by atoms with Crippen molar-refractivity contribution in [2.24, 2.45) is 0 Å². The maximum absolute atomic E-state index is 6.11. The van der Waals surface area contributed by atoms with Crippen molar-refractivity contribution in [1.82, 2.24) is 9.97 Å². The monoisotopic (exact) mass is 210 g/mol. The number of nitrogens with two attached hydrogens (primary N) is 2. The largest absolute Gasteiger partial charge is 0.398 e. The normalized spacial score (nSPS) is 11.0. The van der Waals surface area contributed by atoms with Gasteiger partial charge in [0.15, 0.2) is 0 Å². The highest BCUT2D eigenvalue weighted by atomic mass is 14.7. The van der Waals surface area contributed by atoms with E-state index in [-0.39, 0.29) is 0 Å². The molecule has 0 atom stereocenters. The molecule has 4 heteroatoms. The zero-order valence-electron chi connectivity index (χ0n) is 8.51. The molecule has 0 aliphatic heterocycles. The number of benzene rings is 1. The predicted molar refractivity (Wildman–Crippen MR) is 65.9 cm³/mol. The third-order valence-corrected chi connectivity index (χ3v) is 2.73. The number of rotatable bonds is 0. The average Bonchev–Trinajstić information content (AvgIpc) is 2.64. The van der Waals surface area contributed by atoms with Crippen LogP contribution in [-0.4, -0.2) is 9.97 Å². The van der Waals surface area contributed by atoms with Crippen molar-refractivity contribution < 1.29 is 0 Å². The van der Waals surface area contributed by atoms with Crippen LogP contribution in [0.2, 0.25) is 0 Å². The van der Waals surface area contributed by atoms with Crippen LogP contribution in [0.25, 0.3) is 21.5 Å². The Balaban J connectivity index is 2.65. The summed E-state index contributed by atoms with van der Waals surface area (Å²) < 4.78 is 0. The first-order valence-electron chi connectivity index (χ1n) is 4.93. The number of anilines is 2. The minimum atomic E-state index is 0.633. The lowest BCUT2D eigenvalue weighted by atomic mass is 10.1. The highest BCUT2D eigenvalue weighted by Gasteiger charge is 2.07. The molecule has 0 aliphatic rings. The summed E-state index contributed by atoms with van der Waals surface area (Å²) in [4.78, 5) is 8.20. The third kappa shape index (κ3) is 1.10. The molecule has 0 unspecified atom stereocenters. The van der Waals surface area contributed by atoms with Gasteiger partial charge in [-0.1, -0.05) is 0 Å². The van der Waals surface area contributed by atoms with Crippen LogP contribution < -0.4 is 11.5 Å². The molecule has 0 spiro atoms. The topological polar surface area (TPSA) is 77.8 Å². The van der Waals surface area contributed by atoms with Gasteiger partial charge in [0.25, 0.3) is 0 Å². The van der Waals surface area contributed by atoms with Crippen LogP contribution in [0, 0.1) is 0 Å². The summed E-state index contributed by atoms with van der Waals surface area (Å²) in [6.45, 7) is 0. The average molecular weight is 210 g/mol. The SMILES string of the molecule is Nc1ccncc2cc3cncc3c(N)c12. The lowest BCUT2D eigenvalue weighted by Gasteiger charge is -2.03. The van der Waals surface area contributed by atoms with Gasteiger partial charge in [-0.25, -0.2) is 0 Å². The minimum Gasteiger partial charge on any atom is -0.398 e. The van der Waals surface area contributed by atoms with E-state index < -0.39 is 0 Å². The molecule has 0 aliphatic carbocycles. The van der Waals surface area contributed by atoms with Gasteiger partial charge in [0, 0.05) is 52.0 Å². The fraction of sp³-hybridized carbons (Fsp3) is 0. The van der Waals surface area contributed by atoms with Crippen molar-refractivity contribution in [2.75, 3.05) is 11.5 Å². The van der Waals surface area contributed by atoms with Crippen molar-refractivity contribution in [3.8, 4) is 0 Å². The second-order valence-corrected chi connectivity index (χ2v) is 3.71. The lowest BCUT2D eigenvalue weighted by Crippen LogP contribution is -1.91. The van der Waals surface area contributed by atoms with Crippen LogP contribution in [-0.2, 0) is 0 Å². The van der Waals surface area contributed by atoms with Gasteiger partial charge in [0.1, 0.15) is 0 Å². The molecule has 1 aromatic carbocycles. The molecule has 3 aromatic rings. The molecular formula is C12H10N4. The van der Waals surface area contributed by atoms with Gasteiger partial charge in [0.2, 0.25) is 0 Å². The Bertz CT molecular complexity index is 691. The van der Waals surface area contributed by atoms with E-state index in [4.69, 9.17) is 11.5 Å². The zero-order valence-corrected chi connectivity index (χ0v) is 8.51. The van der Waals surface area contributed by atoms with Crippen LogP contribution in [0.5, 0.6) is 0 Å². The maximum Gasteiger partial charge on any atom is 0.0511 e. The molecule has 16 heavy (non-hydrogen) atoms. The predicted octanol–water partition coefficient (Wildman–Crippen LogP) is 1.95. The summed E-state index contributed by atoms with van der Waals surface area (Å²) >= 11 is 0. The molecule has 0 amide bonds. The maximum atomic E-state index is 6.11. The molecule has 0 saturated carbocycles. The van der Waals surface area contributed by atoms with Crippen LogP contribution >= 0.6 is 0 Å². The van der Waals surface area contributed by atoms with Crippen LogP contribution in [0.4, 0.5) is 11.4 Å². The quantitative estimate of drug-likeness (QED) is 0.556. The first-order chi connectivity index (χ1) is 7.77. The van der Waals surface area contributed by atoms with E-state index in [9.17, 15) is 0 Å².